The Kier molecular flexibility index (Phi) is 6.53. The van der Waals surface area contributed by atoms with Gasteiger partial charge in [0.05, 0.1) is 18.5 Å². The molecule has 2 aliphatic heterocycles. The number of halogens is 1. The Morgan fingerprint density at radius 3 is 2.67 bits per heavy atom. The zero-order valence-corrected chi connectivity index (χ0v) is 17.4. The molecule has 1 aromatic carbocycles. The fraction of sp³-hybridized carbons (Fsp3) is 0.455. The van der Waals surface area contributed by atoms with E-state index in [4.69, 9.17) is 16.0 Å². The number of hydrazone groups is 1. The SMILES string of the molecule is O=C(CN1CC[C@H](C(CO)CO)C1)N1N=C(c2ccc(Cl)cc2)C[C@@H]1c1ccco1. The lowest BCUT2D eigenvalue weighted by Gasteiger charge is -2.24. The zero-order chi connectivity index (χ0) is 21.1. The minimum absolute atomic E-state index is 0.0373. The van der Waals surface area contributed by atoms with Crippen molar-refractivity contribution in [3.8, 4) is 0 Å². The quantitative estimate of drug-likeness (QED) is 0.703. The van der Waals surface area contributed by atoms with Gasteiger partial charge >= 0.3 is 0 Å². The van der Waals surface area contributed by atoms with E-state index in [2.05, 4.69) is 10.0 Å². The van der Waals surface area contributed by atoms with Gasteiger partial charge in [-0.25, -0.2) is 5.01 Å². The van der Waals surface area contributed by atoms with E-state index in [0.29, 0.717) is 23.7 Å². The predicted octanol–water partition coefficient (Wildman–Crippen LogP) is 2.53. The highest BCUT2D eigenvalue weighted by Gasteiger charge is 2.37. The molecule has 1 saturated heterocycles. The maximum absolute atomic E-state index is 13.2. The molecule has 3 heterocycles. The Morgan fingerprint density at radius 1 is 1.23 bits per heavy atom. The number of hydrogen-bond donors (Lipinski definition) is 2. The molecule has 0 unspecified atom stereocenters. The van der Waals surface area contributed by atoms with Gasteiger partial charge in [0.2, 0.25) is 0 Å². The van der Waals surface area contributed by atoms with Gasteiger partial charge < -0.3 is 14.6 Å². The molecular formula is C22H26ClN3O4. The average Bonchev–Trinajstić information content (AvgIpc) is 3.50. The number of hydrogen-bond acceptors (Lipinski definition) is 6. The van der Waals surface area contributed by atoms with Crippen LogP contribution in [0.25, 0.3) is 0 Å². The van der Waals surface area contributed by atoms with Gasteiger partial charge in [-0.15, -0.1) is 0 Å². The zero-order valence-electron chi connectivity index (χ0n) is 16.7. The van der Waals surface area contributed by atoms with Gasteiger partial charge in [0.15, 0.2) is 0 Å². The van der Waals surface area contributed by atoms with Crippen LogP contribution in [0.2, 0.25) is 5.02 Å². The topological polar surface area (TPSA) is 89.5 Å². The second-order valence-electron chi connectivity index (χ2n) is 7.94. The van der Waals surface area contributed by atoms with Crippen molar-refractivity contribution in [2.45, 2.75) is 18.9 Å². The van der Waals surface area contributed by atoms with Crippen LogP contribution in [0.4, 0.5) is 0 Å². The van der Waals surface area contributed by atoms with E-state index in [0.717, 1.165) is 24.2 Å². The van der Waals surface area contributed by atoms with E-state index in [1.54, 1.807) is 6.26 Å². The molecular weight excluding hydrogens is 406 g/mol. The summed E-state index contributed by atoms with van der Waals surface area (Å²) >= 11 is 6.00. The van der Waals surface area contributed by atoms with Crippen molar-refractivity contribution < 1.29 is 19.4 Å². The Balaban J connectivity index is 1.49. The molecule has 0 spiro atoms. The molecule has 2 aromatic rings. The van der Waals surface area contributed by atoms with Crippen LogP contribution in [0, 0.1) is 11.8 Å². The standard InChI is InChI=1S/C22H26ClN3O4/c23-18-5-3-15(4-6-18)19-10-20(21-2-1-9-30-21)26(24-19)22(29)12-25-8-7-16(11-25)17(13-27)14-28/h1-6,9,16-17,20,27-28H,7-8,10-14H2/t16-,20+/m0/s1. The Morgan fingerprint density at radius 2 is 2.00 bits per heavy atom. The molecule has 7 nitrogen and oxygen atoms in total. The van der Waals surface area contributed by atoms with Crippen molar-refractivity contribution in [1.82, 2.24) is 9.91 Å². The third-order valence-corrected chi connectivity index (χ3v) is 6.27. The Hall–Kier alpha value is -2.19. The lowest BCUT2D eigenvalue weighted by atomic mass is 9.93. The summed E-state index contributed by atoms with van der Waals surface area (Å²) in [4.78, 5) is 15.2. The molecule has 1 aromatic heterocycles. The molecule has 2 N–H and O–H groups in total. The predicted molar refractivity (Wildman–Crippen MR) is 113 cm³/mol. The third-order valence-electron chi connectivity index (χ3n) is 6.02. The van der Waals surface area contributed by atoms with E-state index in [1.165, 1.54) is 5.01 Å². The van der Waals surface area contributed by atoms with E-state index in [9.17, 15) is 15.0 Å². The minimum atomic E-state index is -0.279. The fourth-order valence-corrected chi connectivity index (χ4v) is 4.40. The van der Waals surface area contributed by atoms with Crippen molar-refractivity contribution >= 4 is 23.2 Å². The number of aliphatic hydroxyl groups is 2. The number of likely N-dealkylation sites (tertiary alicyclic amines) is 1. The second-order valence-corrected chi connectivity index (χ2v) is 8.37. The molecule has 0 aliphatic carbocycles. The van der Waals surface area contributed by atoms with E-state index in [1.807, 2.05) is 36.4 Å². The Labute approximate surface area is 180 Å². The minimum Gasteiger partial charge on any atom is -0.467 e. The van der Waals surface area contributed by atoms with Crippen molar-refractivity contribution in [3.63, 3.8) is 0 Å². The third kappa shape index (κ3) is 4.44. The first-order valence-electron chi connectivity index (χ1n) is 10.2. The van der Waals surface area contributed by atoms with Gasteiger partial charge in [-0.2, -0.15) is 5.10 Å². The van der Waals surface area contributed by atoms with Crippen LogP contribution < -0.4 is 0 Å². The van der Waals surface area contributed by atoms with Crippen LogP contribution in [0.5, 0.6) is 0 Å². The largest absolute Gasteiger partial charge is 0.467 e. The number of carbonyl (C=O) groups excluding carboxylic acids is 1. The first-order chi connectivity index (χ1) is 14.6. The first kappa shape index (κ1) is 21.1. The molecule has 2 atom stereocenters. The number of aliphatic hydroxyl groups excluding tert-OH is 2. The molecule has 4 rings (SSSR count). The van der Waals surface area contributed by atoms with Crippen LogP contribution in [0.3, 0.4) is 0 Å². The lowest BCUT2D eigenvalue weighted by molar-refractivity contribution is -0.134. The molecule has 2 aliphatic rings. The summed E-state index contributed by atoms with van der Waals surface area (Å²) < 4.78 is 5.59. The number of benzene rings is 1. The van der Waals surface area contributed by atoms with Crippen LogP contribution in [-0.2, 0) is 4.79 Å². The summed E-state index contributed by atoms with van der Waals surface area (Å²) in [5, 5.41) is 25.7. The highest BCUT2D eigenvalue weighted by atomic mass is 35.5. The molecule has 1 amide bonds. The average molecular weight is 432 g/mol. The smallest absolute Gasteiger partial charge is 0.257 e. The van der Waals surface area contributed by atoms with Gasteiger partial charge in [-0.05, 0) is 48.7 Å². The molecule has 0 saturated carbocycles. The highest BCUT2D eigenvalue weighted by Crippen LogP contribution is 2.34. The van der Waals surface area contributed by atoms with Crippen molar-refractivity contribution in [2.24, 2.45) is 16.9 Å². The molecule has 8 heteroatoms. The second kappa shape index (κ2) is 9.31. The first-order valence-corrected chi connectivity index (χ1v) is 10.6. The number of furan rings is 1. The molecule has 0 bridgehead atoms. The van der Waals surface area contributed by atoms with Crippen molar-refractivity contribution in [2.75, 3.05) is 32.8 Å². The summed E-state index contributed by atoms with van der Waals surface area (Å²) in [6.07, 6.45) is 3.04. The summed E-state index contributed by atoms with van der Waals surface area (Å²) in [5.41, 5.74) is 1.75. The number of nitrogens with zero attached hydrogens (tertiary/aromatic N) is 3. The van der Waals surface area contributed by atoms with Gasteiger partial charge in [0.25, 0.3) is 5.91 Å². The maximum atomic E-state index is 13.2. The van der Waals surface area contributed by atoms with Crippen LogP contribution in [-0.4, -0.2) is 64.6 Å². The lowest BCUT2D eigenvalue weighted by Crippen LogP contribution is -2.37. The summed E-state index contributed by atoms with van der Waals surface area (Å²) in [6, 6.07) is 10.8. The summed E-state index contributed by atoms with van der Waals surface area (Å²) in [7, 11) is 0. The van der Waals surface area contributed by atoms with Crippen LogP contribution in [0.15, 0.2) is 52.2 Å². The van der Waals surface area contributed by atoms with Crippen molar-refractivity contribution in [1.29, 1.82) is 0 Å². The normalized spacial score (nSPS) is 22.1. The van der Waals surface area contributed by atoms with Crippen LogP contribution in [0.1, 0.15) is 30.2 Å². The van der Waals surface area contributed by atoms with Gasteiger partial charge in [0, 0.05) is 37.1 Å². The van der Waals surface area contributed by atoms with Gasteiger partial charge in [0.1, 0.15) is 11.8 Å². The molecule has 1 fully saturated rings. The number of amides is 1. The summed E-state index contributed by atoms with van der Waals surface area (Å²) in [6.45, 7) is 1.62. The molecule has 30 heavy (non-hydrogen) atoms. The van der Waals surface area contributed by atoms with E-state index >= 15 is 0 Å². The van der Waals surface area contributed by atoms with E-state index < -0.39 is 0 Å². The maximum Gasteiger partial charge on any atom is 0.257 e. The monoisotopic (exact) mass is 431 g/mol. The number of carbonyl (C=O) groups is 1. The Bertz CT molecular complexity index is 880. The van der Waals surface area contributed by atoms with Gasteiger partial charge in [-0.1, -0.05) is 23.7 Å². The van der Waals surface area contributed by atoms with Crippen LogP contribution >= 0.6 is 11.6 Å². The fourth-order valence-electron chi connectivity index (χ4n) is 4.27. The summed E-state index contributed by atoms with van der Waals surface area (Å²) in [5.74, 6) is 0.671. The van der Waals surface area contributed by atoms with E-state index in [-0.39, 0.29) is 43.5 Å². The number of rotatable bonds is 7. The molecule has 160 valence electrons. The van der Waals surface area contributed by atoms with Gasteiger partial charge in [-0.3, -0.25) is 9.69 Å². The van der Waals surface area contributed by atoms with Crippen molar-refractivity contribution in [3.05, 3.63) is 59.0 Å². The molecule has 0 radical (unpaired) electrons. The highest BCUT2D eigenvalue weighted by molar-refractivity contribution is 6.30.